The molecule has 0 radical (unpaired) electrons. The third-order valence-corrected chi connectivity index (χ3v) is 4.19. The number of amides is 2. The van der Waals surface area contributed by atoms with Crippen LogP contribution in [0.25, 0.3) is 0 Å². The Morgan fingerprint density at radius 1 is 1.39 bits per heavy atom. The van der Waals surface area contributed by atoms with Crippen LogP contribution in [0.1, 0.15) is 18.4 Å². The van der Waals surface area contributed by atoms with Crippen LogP contribution < -0.4 is 5.32 Å². The summed E-state index contributed by atoms with van der Waals surface area (Å²) in [6, 6.07) is 3.19. The molecule has 23 heavy (non-hydrogen) atoms. The van der Waals surface area contributed by atoms with Gasteiger partial charge in [-0.1, -0.05) is 0 Å². The number of rotatable bonds is 5. The molecule has 1 aliphatic heterocycles. The van der Waals surface area contributed by atoms with Crippen LogP contribution in [0, 0.1) is 3.57 Å². The lowest BCUT2D eigenvalue weighted by molar-refractivity contribution is -0.137. The van der Waals surface area contributed by atoms with Gasteiger partial charge in [-0.25, -0.2) is 4.79 Å². The number of anilines is 1. The van der Waals surface area contributed by atoms with Gasteiger partial charge in [0.05, 0.1) is 17.8 Å². The first-order chi connectivity index (χ1) is 10.8. The largest absolute Gasteiger partial charge is 0.448 e. The second kappa shape index (κ2) is 7.37. The topological polar surface area (TPSA) is 58.6 Å². The number of alkyl halides is 3. The summed E-state index contributed by atoms with van der Waals surface area (Å²) < 4.78 is 43.3. The zero-order valence-electron chi connectivity index (χ0n) is 12.0. The van der Waals surface area contributed by atoms with E-state index in [0.717, 1.165) is 12.1 Å². The third-order valence-electron chi connectivity index (χ3n) is 3.24. The van der Waals surface area contributed by atoms with Gasteiger partial charge >= 0.3 is 12.3 Å². The van der Waals surface area contributed by atoms with E-state index in [2.05, 4.69) is 5.32 Å². The van der Waals surface area contributed by atoms with Crippen molar-refractivity contribution in [3.63, 3.8) is 0 Å². The maximum absolute atomic E-state index is 12.7. The summed E-state index contributed by atoms with van der Waals surface area (Å²) >= 11 is 1.86. The highest BCUT2D eigenvalue weighted by molar-refractivity contribution is 14.1. The molecule has 2 amide bonds. The van der Waals surface area contributed by atoms with Gasteiger partial charge in [0, 0.05) is 16.5 Å². The van der Waals surface area contributed by atoms with Gasteiger partial charge in [0.2, 0.25) is 5.91 Å². The highest BCUT2D eigenvalue weighted by Crippen LogP contribution is 2.32. The Bertz CT molecular complexity index is 607. The lowest BCUT2D eigenvalue weighted by Crippen LogP contribution is -2.26. The predicted molar refractivity (Wildman–Crippen MR) is 84.9 cm³/mol. The number of cyclic esters (lactones) is 1. The van der Waals surface area contributed by atoms with Gasteiger partial charge in [0.1, 0.15) is 6.61 Å². The Balaban J connectivity index is 1.88. The number of nitrogens with zero attached hydrogens (tertiary/aromatic N) is 1. The second-order valence-corrected chi connectivity index (χ2v) is 6.11. The fourth-order valence-electron chi connectivity index (χ4n) is 2.07. The van der Waals surface area contributed by atoms with Crippen LogP contribution >= 0.6 is 22.6 Å². The van der Waals surface area contributed by atoms with Crippen LogP contribution in [0.3, 0.4) is 0 Å². The van der Waals surface area contributed by atoms with E-state index in [9.17, 15) is 22.8 Å². The van der Waals surface area contributed by atoms with Crippen LogP contribution in [0.5, 0.6) is 0 Å². The average Bonchev–Trinajstić information content (AvgIpc) is 2.86. The maximum atomic E-state index is 12.7. The van der Waals surface area contributed by atoms with E-state index >= 15 is 0 Å². The molecule has 0 unspecified atom stereocenters. The lowest BCUT2D eigenvalue weighted by atomic mass is 10.2. The van der Waals surface area contributed by atoms with E-state index < -0.39 is 23.7 Å². The molecule has 1 saturated heterocycles. The molecule has 5 nitrogen and oxygen atoms in total. The van der Waals surface area contributed by atoms with Crippen molar-refractivity contribution in [2.24, 2.45) is 0 Å². The summed E-state index contributed by atoms with van der Waals surface area (Å²) in [5.74, 6) is -0.394. The Morgan fingerprint density at radius 3 is 2.74 bits per heavy atom. The van der Waals surface area contributed by atoms with E-state index in [1.54, 1.807) is 0 Å². The highest BCUT2D eigenvalue weighted by Gasteiger charge is 2.31. The Kier molecular flexibility index (Phi) is 5.71. The van der Waals surface area contributed by atoms with Crippen molar-refractivity contribution in [3.8, 4) is 0 Å². The molecule has 9 heteroatoms. The molecule has 0 saturated carbocycles. The first-order valence-electron chi connectivity index (χ1n) is 6.85. The minimum atomic E-state index is -4.46. The fourth-order valence-corrected chi connectivity index (χ4v) is 2.54. The predicted octanol–water partition coefficient (Wildman–Crippen LogP) is 3.48. The van der Waals surface area contributed by atoms with Crippen molar-refractivity contribution in [1.29, 1.82) is 0 Å². The summed E-state index contributed by atoms with van der Waals surface area (Å²) in [6.07, 6.45) is -4.34. The molecule has 1 aromatic carbocycles. The summed E-state index contributed by atoms with van der Waals surface area (Å²) in [6.45, 7) is 1.21. The van der Waals surface area contributed by atoms with Crippen LogP contribution in [0.15, 0.2) is 18.2 Å². The smallest absolute Gasteiger partial charge is 0.416 e. The van der Waals surface area contributed by atoms with E-state index in [1.165, 1.54) is 11.0 Å². The molecule has 2 rings (SSSR count). The summed E-state index contributed by atoms with van der Waals surface area (Å²) in [5.41, 5.74) is -0.681. The van der Waals surface area contributed by atoms with Gasteiger partial charge < -0.3 is 15.0 Å². The molecule has 0 atom stereocenters. The van der Waals surface area contributed by atoms with Crippen molar-refractivity contribution in [2.75, 3.05) is 25.0 Å². The van der Waals surface area contributed by atoms with Gasteiger partial charge in [0.15, 0.2) is 0 Å². The fraction of sp³-hybridized carbons (Fsp3) is 0.429. The molecule has 126 valence electrons. The van der Waals surface area contributed by atoms with Crippen LogP contribution in [0.2, 0.25) is 0 Å². The van der Waals surface area contributed by atoms with Gasteiger partial charge in [-0.05, 0) is 47.2 Å². The van der Waals surface area contributed by atoms with Crippen molar-refractivity contribution >= 4 is 40.3 Å². The molecule has 0 bridgehead atoms. The zero-order valence-corrected chi connectivity index (χ0v) is 14.1. The molecule has 1 aromatic rings. The third kappa shape index (κ3) is 4.98. The number of carbonyl (C=O) groups excluding carboxylic acids is 2. The molecular formula is C14H14F3IN2O3. The molecule has 0 spiro atoms. The Morgan fingerprint density at radius 2 is 2.13 bits per heavy atom. The van der Waals surface area contributed by atoms with Crippen molar-refractivity contribution < 1.29 is 27.5 Å². The first-order valence-corrected chi connectivity index (χ1v) is 7.93. The van der Waals surface area contributed by atoms with E-state index in [1.807, 2.05) is 22.6 Å². The number of hydrogen-bond acceptors (Lipinski definition) is 3. The van der Waals surface area contributed by atoms with Crippen molar-refractivity contribution in [3.05, 3.63) is 27.3 Å². The Hall–Kier alpha value is -1.52. The van der Waals surface area contributed by atoms with E-state index in [0.29, 0.717) is 29.7 Å². The van der Waals surface area contributed by atoms with Crippen LogP contribution in [0.4, 0.5) is 23.7 Å². The average molecular weight is 442 g/mol. The number of hydrogen-bond donors (Lipinski definition) is 1. The van der Waals surface area contributed by atoms with E-state index in [4.69, 9.17) is 4.74 Å². The maximum Gasteiger partial charge on any atom is 0.416 e. The molecular weight excluding hydrogens is 428 g/mol. The van der Waals surface area contributed by atoms with E-state index in [-0.39, 0.29) is 12.1 Å². The van der Waals surface area contributed by atoms with Crippen molar-refractivity contribution in [2.45, 2.75) is 19.0 Å². The monoisotopic (exact) mass is 442 g/mol. The molecule has 0 aliphatic carbocycles. The summed E-state index contributed by atoms with van der Waals surface area (Å²) in [5, 5.41) is 2.48. The van der Waals surface area contributed by atoms with Crippen molar-refractivity contribution in [1.82, 2.24) is 4.90 Å². The van der Waals surface area contributed by atoms with Gasteiger partial charge in [-0.3, -0.25) is 4.79 Å². The molecule has 1 fully saturated rings. The Labute approximate surface area is 144 Å². The number of benzene rings is 1. The summed E-state index contributed by atoms with van der Waals surface area (Å²) in [4.78, 5) is 24.6. The van der Waals surface area contributed by atoms with Crippen LogP contribution in [-0.2, 0) is 15.7 Å². The zero-order chi connectivity index (χ0) is 17.0. The minimum absolute atomic E-state index is 0.107. The normalized spacial score (nSPS) is 14.8. The van der Waals surface area contributed by atoms with Gasteiger partial charge in [-0.15, -0.1) is 0 Å². The number of carbonyl (C=O) groups is 2. The molecule has 0 aromatic heterocycles. The lowest BCUT2D eigenvalue weighted by Gasteiger charge is -2.13. The number of nitrogens with one attached hydrogen (secondary N) is 1. The minimum Gasteiger partial charge on any atom is -0.448 e. The SMILES string of the molecule is O=C(CCCN1CCOC1=O)Nc1cc(C(F)(F)F)ccc1I. The highest BCUT2D eigenvalue weighted by atomic mass is 127. The molecule has 1 aliphatic rings. The quantitative estimate of drug-likeness (QED) is 0.711. The molecule has 1 heterocycles. The first kappa shape index (κ1) is 17.8. The number of halogens is 4. The summed E-state index contributed by atoms with van der Waals surface area (Å²) in [7, 11) is 0. The van der Waals surface area contributed by atoms with Gasteiger partial charge in [-0.2, -0.15) is 13.2 Å². The second-order valence-electron chi connectivity index (χ2n) is 4.95. The number of ether oxygens (including phenoxy) is 1. The van der Waals surface area contributed by atoms with Crippen LogP contribution in [-0.4, -0.2) is 36.6 Å². The standard InChI is InChI=1S/C14H14F3IN2O3/c15-14(16,17)9-3-4-10(18)11(8-9)19-12(21)2-1-5-20-6-7-23-13(20)22/h3-4,8H,1-2,5-7H2,(H,19,21). The van der Waals surface area contributed by atoms with Gasteiger partial charge in [0.25, 0.3) is 0 Å². The molecule has 1 N–H and O–H groups in total.